The van der Waals surface area contributed by atoms with Crippen LogP contribution >= 0.6 is 0 Å². The van der Waals surface area contributed by atoms with E-state index in [-0.39, 0.29) is 0 Å². The molecule has 0 bridgehead atoms. The van der Waals surface area contributed by atoms with Gasteiger partial charge >= 0.3 is 5.97 Å². The van der Waals surface area contributed by atoms with E-state index in [2.05, 4.69) is 4.74 Å². The molecule has 0 aromatic rings. The van der Waals surface area contributed by atoms with E-state index < -0.39 is 18.2 Å². The van der Waals surface area contributed by atoms with E-state index in [1.165, 1.54) is 19.3 Å². The van der Waals surface area contributed by atoms with Gasteiger partial charge in [-0.1, -0.05) is 6.08 Å². The molecule has 0 saturated carbocycles. The highest BCUT2D eigenvalue weighted by Crippen LogP contribution is 2.02. The molecule has 0 spiro atoms. The van der Waals surface area contributed by atoms with E-state index in [4.69, 9.17) is 5.11 Å². The Balaban J connectivity index is 3.62. The van der Waals surface area contributed by atoms with Gasteiger partial charge in [-0.25, -0.2) is 4.79 Å². The smallest absolute Gasteiger partial charge is 0.330 e. The van der Waals surface area contributed by atoms with Crippen LogP contribution in [-0.2, 0) is 9.53 Å². The van der Waals surface area contributed by atoms with Crippen LogP contribution in [0.2, 0.25) is 0 Å². The van der Waals surface area contributed by atoms with Crippen LogP contribution in [0.15, 0.2) is 12.2 Å². The quantitative estimate of drug-likeness (QED) is 0.479. The highest BCUT2D eigenvalue weighted by Gasteiger charge is 2.05. The second-order valence-electron chi connectivity index (χ2n) is 2.90. The molecule has 4 nitrogen and oxygen atoms in total. The SMILES string of the molecule is COC(=O)/C=C/C[C@H](O)C[C@@H](C)O. The van der Waals surface area contributed by atoms with E-state index >= 15 is 0 Å². The first-order valence-electron chi connectivity index (χ1n) is 4.17. The molecule has 76 valence electrons. The van der Waals surface area contributed by atoms with Crippen LogP contribution in [0.1, 0.15) is 19.8 Å². The highest BCUT2D eigenvalue weighted by molar-refractivity contribution is 5.81. The van der Waals surface area contributed by atoms with Gasteiger partial charge < -0.3 is 14.9 Å². The summed E-state index contributed by atoms with van der Waals surface area (Å²) in [6.07, 6.45) is 2.30. The summed E-state index contributed by atoms with van der Waals surface area (Å²) in [7, 11) is 1.29. The molecule has 4 heteroatoms. The first kappa shape index (κ1) is 12.1. The summed E-state index contributed by atoms with van der Waals surface area (Å²) in [5, 5.41) is 18.1. The number of rotatable bonds is 5. The van der Waals surface area contributed by atoms with Crippen molar-refractivity contribution < 1.29 is 19.7 Å². The standard InChI is InChI=1S/C9H16O4/c1-7(10)6-8(11)4-3-5-9(12)13-2/h3,5,7-8,10-11H,4,6H2,1-2H3/b5-3+/t7-,8+/m1/s1. The maximum absolute atomic E-state index is 10.6. The van der Waals surface area contributed by atoms with E-state index in [1.807, 2.05) is 0 Å². The Hall–Kier alpha value is -0.870. The summed E-state index contributed by atoms with van der Waals surface area (Å²) in [6, 6.07) is 0. The fourth-order valence-corrected chi connectivity index (χ4v) is 0.879. The Morgan fingerprint density at radius 1 is 1.54 bits per heavy atom. The summed E-state index contributed by atoms with van der Waals surface area (Å²) in [4.78, 5) is 10.6. The van der Waals surface area contributed by atoms with Crippen molar-refractivity contribution in [1.82, 2.24) is 0 Å². The minimum Gasteiger partial charge on any atom is -0.466 e. The Morgan fingerprint density at radius 2 is 2.15 bits per heavy atom. The molecule has 0 fully saturated rings. The average molecular weight is 188 g/mol. The Morgan fingerprint density at radius 3 is 2.62 bits per heavy atom. The summed E-state index contributed by atoms with van der Waals surface area (Å²) in [6.45, 7) is 1.60. The third-order valence-corrected chi connectivity index (χ3v) is 1.48. The number of methoxy groups -OCH3 is 1. The Labute approximate surface area is 77.8 Å². The molecule has 0 aromatic heterocycles. The van der Waals surface area contributed by atoms with Crippen molar-refractivity contribution in [3.8, 4) is 0 Å². The number of aliphatic hydroxyl groups excluding tert-OH is 2. The van der Waals surface area contributed by atoms with Gasteiger partial charge in [-0.3, -0.25) is 0 Å². The number of hydrogen-bond donors (Lipinski definition) is 2. The molecule has 0 aromatic carbocycles. The van der Waals surface area contributed by atoms with E-state index in [0.29, 0.717) is 12.8 Å². The fraction of sp³-hybridized carbons (Fsp3) is 0.667. The van der Waals surface area contributed by atoms with Gasteiger partial charge in [-0.2, -0.15) is 0 Å². The van der Waals surface area contributed by atoms with Gasteiger partial charge in [-0.15, -0.1) is 0 Å². The lowest BCUT2D eigenvalue weighted by atomic mass is 10.1. The highest BCUT2D eigenvalue weighted by atomic mass is 16.5. The molecule has 0 heterocycles. The molecular formula is C9H16O4. The average Bonchev–Trinajstić information content (AvgIpc) is 2.02. The molecule has 0 unspecified atom stereocenters. The molecule has 0 aliphatic carbocycles. The predicted octanol–water partition coefficient (Wildman–Crippen LogP) is 0.237. The normalized spacial score (nSPS) is 15.7. The van der Waals surface area contributed by atoms with Crippen LogP contribution in [0, 0.1) is 0 Å². The lowest BCUT2D eigenvalue weighted by Crippen LogP contribution is -2.13. The summed E-state index contributed by atoms with van der Waals surface area (Å²) < 4.78 is 4.36. The number of esters is 1. The third-order valence-electron chi connectivity index (χ3n) is 1.48. The molecule has 2 N–H and O–H groups in total. The van der Waals surface area contributed by atoms with Gasteiger partial charge in [-0.05, 0) is 19.8 Å². The van der Waals surface area contributed by atoms with E-state index in [0.717, 1.165) is 0 Å². The van der Waals surface area contributed by atoms with Crippen molar-refractivity contribution in [2.75, 3.05) is 7.11 Å². The van der Waals surface area contributed by atoms with Crippen LogP contribution in [0.5, 0.6) is 0 Å². The van der Waals surface area contributed by atoms with Crippen molar-refractivity contribution in [3.63, 3.8) is 0 Å². The predicted molar refractivity (Wildman–Crippen MR) is 48.1 cm³/mol. The molecule has 0 rings (SSSR count). The Kier molecular flexibility index (Phi) is 6.18. The topological polar surface area (TPSA) is 66.8 Å². The van der Waals surface area contributed by atoms with Crippen molar-refractivity contribution in [2.24, 2.45) is 0 Å². The molecule has 13 heavy (non-hydrogen) atoms. The monoisotopic (exact) mass is 188 g/mol. The van der Waals surface area contributed by atoms with Crippen molar-refractivity contribution in [3.05, 3.63) is 12.2 Å². The van der Waals surface area contributed by atoms with Gasteiger partial charge in [0.15, 0.2) is 0 Å². The molecule has 0 saturated heterocycles. The molecule has 0 aliphatic rings. The molecule has 2 atom stereocenters. The zero-order chi connectivity index (χ0) is 10.3. The van der Waals surface area contributed by atoms with Gasteiger partial charge in [0.05, 0.1) is 19.3 Å². The van der Waals surface area contributed by atoms with Gasteiger partial charge in [0.1, 0.15) is 0 Å². The largest absolute Gasteiger partial charge is 0.466 e. The second-order valence-corrected chi connectivity index (χ2v) is 2.90. The maximum atomic E-state index is 10.6. The lowest BCUT2D eigenvalue weighted by molar-refractivity contribution is -0.134. The third kappa shape index (κ3) is 7.49. The van der Waals surface area contributed by atoms with Crippen LogP contribution in [0.3, 0.4) is 0 Å². The van der Waals surface area contributed by atoms with Crippen molar-refractivity contribution >= 4 is 5.97 Å². The maximum Gasteiger partial charge on any atom is 0.330 e. The number of carbonyl (C=O) groups is 1. The number of aliphatic hydroxyl groups is 2. The minimum atomic E-state index is -0.610. The molecule has 0 amide bonds. The molecular weight excluding hydrogens is 172 g/mol. The first-order valence-corrected chi connectivity index (χ1v) is 4.17. The summed E-state index contributed by atoms with van der Waals surface area (Å²) in [5.41, 5.74) is 0. The number of hydrogen-bond acceptors (Lipinski definition) is 4. The fourth-order valence-electron chi connectivity index (χ4n) is 0.879. The zero-order valence-corrected chi connectivity index (χ0v) is 7.93. The van der Waals surface area contributed by atoms with Crippen molar-refractivity contribution in [1.29, 1.82) is 0 Å². The van der Waals surface area contributed by atoms with Gasteiger partial charge in [0.25, 0.3) is 0 Å². The van der Waals surface area contributed by atoms with E-state index in [9.17, 15) is 9.90 Å². The minimum absolute atomic E-state index is 0.311. The molecule has 0 aliphatic heterocycles. The zero-order valence-electron chi connectivity index (χ0n) is 7.93. The Bertz CT molecular complexity index is 174. The molecule has 0 radical (unpaired) electrons. The summed E-state index contributed by atoms with van der Waals surface area (Å²) in [5.74, 6) is -0.441. The second kappa shape index (κ2) is 6.62. The number of ether oxygens (including phenoxy) is 1. The van der Waals surface area contributed by atoms with Gasteiger partial charge in [0.2, 0.25) is 0 Å². The summed E-state index contributed by atoms with van der Waals surface area (Å²) >= 11 is 0. The number of carbonyl (C=O) groups excluding carboxylic acids is 1. The van der Waals surface area contributed by atoms with Crippen molar-refractivity contribution in [2.45, 2.75) is 32.0 Å². The van der Waals surface area contributed by atoms with Crippen LogP contribution in [0.4, 0.5) is 0 Å². The van der Waals surface area contributed by atoms with E-state index in [1.54, 1.807) is 6.92 Å². The van der Waals surface area contributed by atoms with Crippen LogP contribution in [-0.4, -0.2) is 35.5 Å². The lowest BCUT2D eigenvalue weighted by Gasteiger charge is -2.09. The van der Waals surface area contributed by atoms with Crippen LogP contribution in [0.25, 0.3) is 0 Å². The first-order chi connectivity index (χ1) is 6.06. The van der Waals surface area contributed by atoms with Gasteiger partial charge in [0, 0.05) is 6.08 Å². The van der Waals surface area contributed by atoms with Crippen LogP contribution < -0.4 is 0 Å².